The normalized spacial score (nSPS) is 12.9. The minimum absolute atomic E-state index is 0.0246. The molecule has 18 heavy (non-hydrogen) atoms. The quantitative estimate of drug-likeness (QED) is 0.412. The molecule has 0 aliphatic rings. The number of hydrazine groups is 1. The van der Waals surface area contributed by atoms with Gasteiger partial charge in [-0.3, -0.25) is 16.0 Å². The van der Waals surface area contributed by atoms with Crippen molar-refractivity contribution in [1.29, 1.82) is 0 Å². The Bertz CT molecular complexity index is 343. The Hall–Kier alpha value is -0.620. The molecule has 0 aliphatic heterocycles. The molecule has 104 valence electrons. The van der Waals surface area contributed by atoms with Crippen molar-refractivity contribution >= 4 is 11.6 Å². The lowest BCUT2D eigenvalue weighted by molar-refractivity contribution is 0.123. The van der Waals surface area contributed by atoms with Crippen LogP contribution in [0, 0.1) is 0 Å². The molecule has 0 aliphatic carbocycles. The van der Waals surface area contributed by atoms with Crippen LogP contribution in [-0.2, 0) is 11.3 Å². The number of hydrogen-bond acceptors (Lipinski definition) is 4. The highest BCUT2D eigenvalue weighted by Gasteiger charge is 2.18. The Morgan fingerprint density at radius 1 is 1.44 bits per heavy atom. The van der Waals surface area contributed by atoms with Crippen LogP contribution in [0.25, 0.3) is 0 Å². The minimum atomic E-state index is -0.0246. The average molecular weight is 275 g/mol. The number of rotatable bonds is 9. The lowest BCUT2D eigenvalue weighted by Crippen LogP contribution is -2.31. The van der Waals surface area contributed by atoms with Gasteiger partial charge < -0.3 is 4.74 Å². The van der Waals surface area contributed by atoms with Crippen LogP contribution in [0.1, 0.15) is 44.8 Å². The SMILES string of the molecule is CCCOCCC(NN)c1c(Cl)cnn1CCC. The van der Waals surface area contributed by atoms with Gasteiger partial charge in [0.25, 0.3) is 0 Å². The Balaban J connectivity index is 2.65. The van der Waals surface area contributed by atoms with Gasteiger partial charge in [0, 0.05) is 19.8 Å². The number of nitrogens with two attached hydrogens (primary N) is 1. The van der Waals surface area contributed by atoms with Crippen molar-refractivity contribution in [3.63, 3.8) is 0 Å². The Kier molecular flexibility index (Phi) is 7.27. The summed E-state index contributed by atoms with van der Waals surface area (Å²) in [4.78, 5) is 0. The van der Waals surface area contributed by atoms with Crippen molar-refractivity contribution in [2.75, 3.05) is 13.2 Å². The van der Waals surface area contributed by atoms with Gasteiger partial charge in [0.15, 0.2) is 0 Å². The molecule has 6 heteroatoms. The largest absolute Gasteiger partial charge is 0.381 e. The molecule has 0 aromatic carbocycles. The number of aryl methyl sites for hydroxylation is 1. The molecule has 0 fully saturated rings. The third kappa shape index (κ3) is 4.24. The number of hydrogen-bond donors (Lipinski definition) is 2. The summed E-state index contributed by atoms with van der Waals surface area (Å²) in [5, 5.41) is 4.92. The van der Waals surface area contributed by atoms with Gasteiger partial charge in [-0.2, -0.15) is 5.10 Å². The third-order valence-electron chi connectivity index (χ3n) is 2.70. The number of nitrogens with zero attached hydrogens (tertiary/aromatic N) is 2. The molecule has 0 radical (unpaired) electrons. The molecule has 0 spiro atoms. The van der Waals surface area contributed by atoms with E-state index in [0.717, 1.165) is 38.1 Å². The first kappa shape index (κ1) is 15.4. The van der Waals surface area contributed by atoms with Gasteiger partial charge in [-0.15, -0.1) is 0 Å². The molecule has 0 bridgehead atoms. The van der Waals surface area contributed by atoms with E-state index in [4.69, 9.17) is 22.2 Å². The lowest BCUT2D eigenvalue weighted by atomic mass is 10.1. The van der Waals surface area contributed by atoms with Gasteiger partial charge in [0.1, 0.15) is 0 Å². The van der Waals surface area contributed by atoms with Gasteiger partial charge in [0.2, 0.25) is 0 Å². The third-order valence-corrected chi connectivity index (χ3v) is 2.99. The van der Waals surface area contributed by atoms with Gasteiger partial charge in [-0.25, -0.2) is 0 Å². The van der Waals surface area contributed by atoms with Crippen molar-refractivity contribution in [2.45, 2.75) is 45.7 Å². The molecule has 1 atom stereocenters. The highest BCUT2D eigenvalue weighted by molar-refractivity contribution is 6.31. The standard InChI is InChI=1S/C12H23ClN4O/c1-3-6-17-12(10(13)9-15-17)11(16-14)5-8-18-7-4-2/h9,11,16H,3-8,14H2,1-2H3. The van der Waals surface area contributed by atoms with E-state index in [1.165, 1.54) is 0 Å². The minimum Gasteiger partial charge on any atom is -0.381 e. The van der Waals surface area contributed by atoms with Gasteiger partial charge >= 0.3 is 0 Å². The van der Waals surface area contributed by atoms with Crippen LogP contribution in [0.5, 0.6) is 0 Å². The molecule has 0 saturated carbocycles. The fraction of sp³-hybridized carbons (Fsp3) is 0.750. The summed E-state index contributed by atoms with van der Waals surface area (Å²) in [5.74, 6) is 5.61. The van der Waals surface area contributed by atoms with E-state index in [1.807, 2.05) is 4.68 Å². The zero-order valence-electron chi connectivity index (χ0n) is 11.2. The summed E-state index contributed by atoms with van der Waals surface area (Å²) < 4.78 is 7.39. The van der Waals surface area contributed by atoms with Crippen molar-refractivity contribution < 1.29 is 4.74 Å². The van der Waals surface area contributed by atoms with Crippen LogP contribution in [-0.4, -0.2) is 23.0 Å². The summed E-state index contributed by atoms with van der Waals surface area (Å²) >= 11 is 6.17. The molecule has 1 heterocycles. The van der Waals surface area contributed by atoms with E-state index in [-0.39, 0.29) is 6.04 Å². The van der Waals surface area contributed by atoms with Crippen molar-refractivity contribution in [3.05, 3.63) is 16.9 Å². The molecule has 1 rings (SSSR count). The molecule has 0 saturated heterocycles. The fourth-order valence-electron chi connectivity index (χ4n) is 1.85. The van der Waals surface area contributed by atoms with Gasteiger partial charge in [0.05, 0.1) is 23.0 Å². The van der Waals surface area contributed by atoms with Crippen molar-refractivity contribution in [2.24, 2.45) is 5.84 Å². The number of aromatic nitrogens is 2. The van der Waals surface area contributed by atoms with E-state index < -0.39 is 0 Å². The highest BCUT2D eigenvalue weighted by Crippen LogP contribution is 2.24. The van der Waals surface area contributed by atoms with E-state index in [0.29, 0.717) is 11.6 Å². The Morgan fingerprint density at radius 3 is 2.83 bits per heavy atom. The second-order valence-corrected chi connectivity index (χ2v) is 4.63. The Labute approximate surface area is 114 Å². The summed E-state index contributed by atoms with van der Waals surface area (Å²) in [5.41, 5.74) is 3.74. The highest BCUT2D eigenvalue weighted by atomic mass is 35.5. The maximum absolute atomic E-state index is 6.17. The zero-order valence-corrected chi connectivity index (χ0v) is 11.9. The number of halogens is 1. The maximum Gasteiger partial charge on any atom is 0.0834 e. The molecule has 0 amide bonds. The van der Waals surface area contributed by atoms with Crippen LogP contribution in [0.2, 0.25) is 5.02 Å². The predicted molar refractivity (Wildman–Crippen MR) is 73.3 cm³/mol. The molecule has 5 nitrogen and oxygen atoms in total. The van der Waals surface area contributed by atoms with Crippen LogP contribution < -0.4 is 11.3 Å². The zero-order chi connectivity index (χ0) is 13.4. The topological polar surface area (TPSA) is 65.1 Å². The van der Waals surface area contributed by atoms with E-state index in [1.54, 1.807) is 6.20 Å². The molecular weight excluding hydrogens is 252 g/mol. The second-order valence-electron chi connectivity index (χ2n) is 4.22. The maximum atomic E-state index is 6.17. The molecular formula is C12H23ClN4O. The lowest BCUT2D eigenvalue weighted by Gasteiger charge is -2.18. The summed E-state index contributed by atoms with van der Waals surface area (Å²) in [6.07, 6.45) is 4.49. The van der Waals surface area contributed by atoms with Crippen LogP contribution >= 0.6 is 11.6 Å². The van der Waals surface area contributed by atoms with Crippen LogP contribution in [0.4, 0.5) is 0 Å². The smallest absolute Gasteiger partial charge is 0.0834 e. The monoisotopic (exact) mass is 274 g/mol. The van der Waals surface area contributed by atoms with Crippen LogP contribution in [0.15, 0.2) is 6.20 Å². The fourth-order valence-corrected chi connectivity index (χ4v) is 2.13. The Morgan fingerprint density at radius 2 is 2.22 bits per heavy atom. The first-order valence-corrected chi connectivity index (χ1v) is 6.87. The molecule has 3 N–H and O–H groups in total. The summed E-state index contributed by atoms with van der Waals surface area (Å²) in [7, 11) is 0. The molecule has 1 aromatic heterocycles. The van der Waals surface area contributed by atoms with E-state index in [9.17, 15) is 0 Å². The number of ether oxygens (including phenoxy) is 1. The first-order chi connectivity index (χ1) is 8.74. The second kappa shape index (κ2) is 8.48. The first-order valence-electron chi connectivity index (χ1n) is 6.49. The van der Waals surface area contributed by atoms with Crippen molar-refractivity contribution in [1.82, 2.24) is 15.2 Å². The van der Waals surface area contributed by atoms with Crippen molar-refractivity contribution in [3.8, 4) is 0 Å². The average Bonchev–Trinajstić information content (AvgIpc) is 2.72. The number of nitrogens with one attached hydrogen (secondary N) is 1. The summed E-state index contributed by atoms with van der Waals surface area (Å²) in [6, 6.07) is -0.0246. The van der Waals surface area contributed by atoms with E-state index >= 15 is 0 Å². The van der Waals surface area contributed by atoms with Crippen LogP contribution in [0.3, 0.4) is 0 Å². The van der Waals surface area contributed by atoms with E-state index in [2.05, 4.69) is 24.4 Å². The predicted octanol–water partition coefficient (Wildman–Crippen LogP) is 2.27. The van der Waals surface area contributed by atoms with Gasteiger partial charge in [-0.05, 0) is 19.3 Å². The van der Waals surface area contributed by atoms with Gasteiger partial charge in [-0.1, -0.05) is 25.4 Å². The summed E-state index contributed by atoms with van der Waals surface area (Å²) in [6.45, 7) is 6.48. The molecule has 1 unspecified atom stereocenters. The molecule has 1 aromatic rings.